The minimum absolute atomic E-state index is 0.0292. The monoisotopic (exact) mass is 789 g/mol. The Labute approximate surface area is 316 Å². The highest BCUT2D eigenvalue weighted by molar-refractivity contribution is 7.98. The normalized spacial score (nSPS) is 13.8. The van der Waals surface area contributed by atoms with Gasteiger partial charge in [-0.25, -0.2) is 22.2 Å². The van der Waals surface area contributed by atoms with E-state index in [-0.39, 0.29) is 22.9 Å². The molecule has 0 saturated carbocycles. The number of nitrogens with zero attached hydrogens (tertiary/aromatic N) is 4. The smallest absolute Gasteiger partial charge is 0.321 e. The minimum Gasteiger partial charge on any atom is -0.495 e. The van der Waals surface area contributed by atoms with Gasteiger partial charge in [0.2, 0.25) is 10.0 Å². The summed E-state index contributed by atoms with van der Waals surface area (Å²) in [4.78, 5) is 18.1. The SMILES string of the molecule is COc1cc(C(C)(C)c2cnc(SCc3c(F)cc(S(=O)(=O)N(CCCN4C=[C+]C=CC4)[C@H](C)C(=O)O)cc3Cl)n2-c2ccc(F)cc2)ccc1Cl. The molecule has 0 bridgehead atoms. The van der Waals surface area contributed by atoms with Crippen molar-refractivity contribution in [3.63, 3.8) is 0 Å². The lowest BCUT2D eigenvalue weighted by Crippen LogP contribution is -2.44. The van der Waals surface area contributed by atoms with Crippen LogP contribution in [0.3, 0.4) is 0 Å². The number of methoxy groups -OCH3 is 1. The summed E-state index contributed by atoms with van der Waals surface area (Å²) in [5.74, 6) is -2.18. The fraction of sp³-hybridized carbons (Fsp3) is 0.297. The fourth-order valence-electron chi connectivity index (χ4n) is 5.74. The van der Waals surface area contributed by atoms with Crippen LogP contribution >= 0.6 is 35.0 Å². The Kier molecular flexibility index (Phi) is 12.4. The zero-order valence-electron chi connectivity index (χ0n) is 28.8. The molecule has 5 rings (SSSR count). The van der Waals surface area contributed by atoms with Gasteiger partial charge < -0.3 is 14.7 Å². The molecular formula is C37H37Cl2F2N4O5S2+. The first-order chi connectivity index (χ1) is 24.6. The molecule has 1 aromatic heterocycles. The third-order valence-electron chi connectivity index (χ3n) is 8.82. The number of rotatable bonds is 15. The molecule has 15 heteroatoms. The van der Waals surface area contributed by atoms with E-state index in [9.17, 15) is 22.7 Å². The van der Waals surface area contributed by atoms with Gasteiger partial charge in [-0.1, -0.05) is 54.9 Å². The molecule has 0 fully saturated rings. The maximum absolute atomic E-state index is 15.8. The Balaban J connectivity index is 1.44. The van der Waals surface area contributed by atoms with Crippen molar-refractivity contribution in [2.24, 2.45) is 0 Å². The summed E-state index contributed by atoms with van der Waals surface area (Å²) in [6.07, 6.45) is 10.4. The highest BCUT2D eigenvalue weighted by Gasteiger charge is 2.34. The Morgan fingerprint density at radius 3 is 2.50 bits per heavy atom. The van der Waals surface area contributed by atoms with Crippen LogP contribution in [0.25, 0.3) is 5.69 Å². The number of benzene rings is 3. The molecule has 1 aliphatic heterocycles. The Morgan fingerprint density at radius 2 is 1.87 bits per heavy atom. The standard InChI is InChI=1S/C37H36Cl2F2N4O5S2/c1-24(35(46)47)44(18-8-17-43-15-6-5-7-16-43)52(48,49)28-20-31(39)29(32(41)21-28)23-51-36-42-22-34(45(36)27-12-10-26(40)11-13-27)37(2,3)25-9-14-30(38)33(19-25)50-4/h5-6,9-14,16,19-22,24H,8,15,17-18,23H2,1-4H3/p+1/t24-/m1/s1. The molecule has 274 valence electrons. The molecule has 9 nitrogen and oxygen atoms in total. The van der Waals surface area contributed by atoms with E-state index in [0.29, 0.717) is 41.1 Å². The summed E-state index contributed by atoms with van der Waals surface area (Å²) < 4.78 is 65.5. The van der Waals surface area contributed by atoms with Gasteiger partial charge in [-0.3, -0.25) is 9.36 Å². The molecule has 3 aromatic carbocycles. The van der Waals surface area contributed by atoms with Crippen LogP contribution in [-0.2, 0) is 26.0 Å². The zero-order chi connectivity index (χ0) is 37.8. The molecule has 0 aliphatic carbocycles. The van der Waals surface area contributed by atoms with Crippen molar-refractivity contribution >= 4 is 51.0 Å². The molecule has 4 aromatic rings. The number of allylic oxidation sites excluding steroid dienone is 2. The molecule has 1 aliphatic rings. The summed E-state index contributed by atoms with van der Waals surface area (Å²) in [6.45, 7) is 6.21. The third-order valence-corrected chi connectivity index (χ3v) is 12.4. The number of aliphatic carboxylic acids is 1. The lowest BCUT2D eigenvalue weighted by Gasteiger charge is -2.28. The summed E-state index contributed by atoms with van der Waals surface area (Å²) in [5.41, 5.74) is 1.57. The van der Waals surface area contributed by atoms with Gasteiger partial charge in [0.15, 0.2) is 11.2 Å². The van der Waals surface area contributed by atoms with E-state index >= 15 is 4.39 Å². The number of ether oxygens (including phenoxy) is 1. The first-order valence-corrected chi connectivity index (χ1v) is 19.3. The van der Waals surface area contributed by atoms with Crippen molar-refractivity contribution in [1.29, 1.82) is 0 Å². The van der Waals surface area contributed by atoms with Crippen molar-refractivity contribution in [1.82, 2.24) is 18.8 Å². The summed E-state index contributed by atoms with van der Waals surface area (Å²) in [6, 6.07) is 11.9. The van der Waals surface area contributed by atoms with Gasteiger partial charge in [-0.15, -0.1) is 0 Å². The minimum atomic E-state index is -4.47. The van der Waals surface area contributed by atoms with Crippen LogP contribution in [0.15, 0.2) is 89.2 Å². The van der Waals surface area contributed by atoms with Crippen LogP contribution in [0, 0.1) is 17.7 Å². The molecule has 1 N–H and O–H groups in total. The number of carboxylic acids is 1. The van der Waals surface area contributed by atoms with Gasteiger partial charge in [0.05, 0.1) is 35.0 Å². The molecule has 0 unspecified atom stereocenters. The molecule has 1 atom stereocenters. The quantitative estimate of drug-likeness (QED) is 0.0952. The summed E-state index contributed by atoms with van der Waals surface area (Å²) in [5, 5.41) is 10.5. The Morgan fingerprint density at radius 1 is 1.13 bits per heavy atom. The number of imidazole rings is 1. The molecular weight excluding hydrogens is 753 g/mol. The van der Waals surface area contributed by atoms with Crippen molar-refractivity contribution in [3.05, 3.63) is 124 Å². The highest BCUT2D eigenvalue weighted by atomic mass is 35.5. The predicted octanol–water partition coefficient (Wildman–Crippen LogP) is 8.13. The van der Waals surface area contributed by atoms with E-state index in [1.807, 2.05) is 41.5 Å². The Bertz CT molecular complexity index is 2080. The number of aromatic nitrogens is 2. The van der Waals surface area contributed by atoms with Crippen LogP contribution in [-0.4, -0.2) is 71.0 Å². The average molecular weight is 791 g/mol. The molecule has 52 heavy (non-hydrogen) atoms. The first kappa shape index (κ1) is 39.2. The van der Waals surface area contributed by atoms with E-state index in [0.717, 1.165) is 39.5 Å². The van der Waals surface area contributed by atoms with Crippen LogP contribution in [0.5, 0.6) is 5.75 Å². The van der Waals surface area contributed by atoms with E-state index in [4.69, 9.17) is 27.9 Å². The second kappa shape index (κ2) is 16.4. The molecule has 2 heterocycles. The second-order valence-electron chi connectivity index (χ2n) is 12.5. The van der Waals surface area contributed by atoms with E-state index in [1.54, 1.807) is 36.7 Å². The van der Waals surface area contributed by atoms with Crippen LogP contribution in [0.1, 0.15) is 44.0 Å². The number of thioether (sulfide) groups is 1. The van der Waals surface area contributed by atoms with Crippen LogP contribution in [0.4, 0.5) is 8.78 Å². The van der Waals surface area contributed by atoms with Gasteiger partial charge in [-0.2, -0.15) is 4.31 Å². The number of sulfonamides is 1. The number of carboxylic acid groups (broad SMARTS) is 1. The second-order valence-corrected chi connectivity index (χ2v) is 16.2. The molecule has 0 amide bonds. The Hall–Kier alpha value is -3.97. The first-order valence-electron chi connectivity index (χ1n) is 16.2. The van der Waals surface area contributed by atoms with Crippen molar-refractivity contribution in [3.8, 4) is 11.4 Å². The van der Waals surface area contributed by atoms with Gasteiger partial charge in [-0.05, 0) is 67.4 Å². The van der Waals surface area contributed by atoms with Gasteiger partial charge in [0.25, 0.3) is 0 Å². The maximum atomic E-state index is 15.8. The topological polar surface area (TPSA) is 105 Å². The van der Waals surface area contributed by atoms with Gasteiger partial charge in [0.1, 0.15) is 42.2 Å². The van der Waals surface area contributed by atoms with Crippen molar-refractivity contribution < 1.29 is 31.8 Å². The highest BCUT2D eigenvalue weighted by Crippen LogP contribution is 2.40. The molecule has 0 radical (unpaired) electrons. The van der Waals surface area contributed by atoms with E-state index < -0.39 is 44.0 Å². The van der Waals surface area contributed by atoms with Crippen molar-refractivity contribution in [2.75, 3.05) is 26.7 Å². The lowest BCUT2D eigenvalue weighted by molar-refractivity contribution is -0.140. The third kappa shape index (κ3) is 8.46. The fourth-order valence-corrected chi connectivity index (χ4v) is 9.05. The zero-order valence-corrected chi connectivity index (χ0v) is 32.0. The average Bonchev–Trinajstić information content (AvgIpc) is 3.55. The maximum Gasteiger partial charge on any atom is 0.321 e. The van der Waals surface area contributed by atoms with Gasteiger partial charge in [0, 0.05) is 40.5 Å². The number of hydrogen-bond acceptors (Lipinski definition) is 7. The van der Waals surface area contributed by atoms with Crippen LogP contribution in [0.2, 0.25) is 10.0 Å². The number of carbonyl (C=O) groups is 1. The summed E-state index contributed by atoms with van der Waals surface area (Å²) in [7, 11) is -2.94. The van der Waals surface area contributed by atoms with Gasteiger partial charge >= 0.3 is 5.97 Å². The van der Waals surface area contributed by atoms with E-state index in [1.165, 1.54) is 26.2 Å². The largest absolute Gasteiger partial charge is 0.495 e. The van der Waals surface area contributed by atoms with Crippen LogP contribution < -0.4 is 4.74 Å². The molecule has 0 saturated heterocycles. The number of halogens is 4. The van der Waals surface area contributed by atoms with E-state index in [2.05, 4.69) is 11.1 Å². The van der Waals surface area contributed by atoms with Crippen molar-refractivity contribution in [2.45, 2.75) is 54.5 Å². The molecule has 0 spiro atoms. The predicted molar refractivity (Wildman–Crippen MR) is 199 cm³/mol. The number of hydrogen-bond donors (Lipinski definition) is 1. The summed E-state index contributed by atoms with van der Waals surface area (Å²) >= 11 is 14.0. The lowest BCUT2D eigenvalue weighted by atomic mass is 9.81.